The summed E-state index contributed by atoms with van der Waals surface area (Å²) >= 11 is 0. The van der Waals surface area contributed by atoms with E-state index in [0.29, 0.717) is 12.5 Å². The molecule has 4 nitrogen and oxygen atoms in total. The SMILES string of the molecule is CCCNC(C)CC(C)Oc1ccc2c(c1)CCC(=O)N2. The lowest BCUT2D eigenvalue weighted by atomic mass is 10.0. The van der Waals surface area contributed by atoms with Gasteiger partial charge < -0.3 is 15.4 Å². The normalized spacial score (nSPS) is 16.8. The molecule has 0 bridgehead atoms. The maximum absolute atomic E-state index is 11.3. The van der Waals surface area contributed by atoms with Crippen molar-refractivity contribution < 1.29 is 9.53 Å². The third-order valence-electron chi connectivity index (χ3n) is 3.74. The minimum Gasteiger partial charge on any atom is -0.491 e. The predicted molar refractivity (Wildman–Crippen MR) is 85.9 cm³/mol. The highest BCUT2D eigenvalue weighted by Crippen LogP contribution is 2.27. The Hall–Kier alpha value is -1.55. The van der Waals surface area contributed by atoms with Crippen molar-refractivity contribution in [2.45, 2.75) is 58.6 Å². The fourth-order valence-electron chi connectivity index (χ4n) is 2.69. The van der Waals surface area contributed by atoms with Gasteiger partial charge in [-0.15, -0.1) is 0 Å². The Morgan fingerprint density at radius 2 is 2.14 bits per heavy atom. The summed E-state index contributed by atoms with van der Waals surface area (Å²) < 4.78 is 6.01. The van der Waals surface area contributed by atoms with Crippen molar-refractivity contribution in [1.29, 1.82) is 0 Å². The summed E-state index contributed by atoms with van der Waals surface area (Å²) in [5.74, 6) is 0.987. The number of amides is 1. The lowest BCUT2D eigenvalue weighted by Gasteiger charge is -2.22. The molecule has 0 radical (unpaired) electrons. The van der Waals surface area contributed by atoms with Crippen LogP contribution < -0.4 is 15.4 Å². The molecule has 0 saturated carbocycles. The van der Waals surface area contributed by atoms with E-state index < -0.39 is 0 Å². The summed E-state index contributed by atoms with van der Waals surface area (Å²) in [5, 5.41) is 6.37. The molecule has 0 fully saturated rings. The summed E-state index contributed by atoms with van der Waals surface area (Å²) in [5.41, 5.74) is 2.08. The molecule has 116 valence electrons. The van der Waals surface area contributed by atoms with Crippen molar-refractivity contribution in [1.82, 2.24) is 5.32 Å². The van der Waals surface area contributed by atoms with Crippen LogP contribution >= 0.6 is 0 Å². The molecule has 0 saturated heterocycles. The predicted octanol–water partition coefficient (Wildman–Crippen LogP) is 3.12. The van der Waals surface area contributed by atoms with E-state index in [0.717, 1.165) is 42.8 Å². The van der Waals surface area contributed by atoms with Crippen molar-refractivity contribution in [3.8, 4) is 5.75 Å². The zero-order valence-electron chi connectivity index (χ0n) is 13.2. The molecule has 0 aromatic heterocycles. The standard InChI is InChI=1S/C17H26N2O2/c1-4-9-18-12(2)10-13(3)21-15-6-7-16-14(11-15)5-8-17(20)19-16/h6-7,11-13,18H,4-5,8-10H2,1-3H3,(H,19,20). The van der Waals surface area contributed by atoms with Crippen LogP contribution in [0.3, 0.4) is 0 Å². The number of aryl methyl sites for hydroxylation is 1. The lowest BCUT2D eigenvalue weighted by molar-refractivity contribution is -0.116. The summed E-state index contributed by atoms with van der Waals surface area (Å²) in [4.78, 5) is 11.3. The summed E-state index contributed by atoms with van der Waals surface area (Å²) in [6.45, 7) is 7.52. The fourth-order valence-corrected chi connectivity index (χ4v) is 2.69. The Morgan fingerprint density at radius 3 is 2.90 bits per heavy atom. The zero-order chi connectivity index (χ0) is 15.2. The third kappa shape index (κ3) is 4.74. The number of nitrogens with one attached hydrogen (secondary N) is 2. The van der Waals surface area contributed by atoms with E-state index in [-0.39, 0.29) is 12.0 Å². The molecule has 2 atom stereocenters. The van der Waals surface area contributed by atoms with Gasteiger partial charge in [-0.25, -0.2) is 0 Å². The van der Waals surface area contributed by atoms with Gasteiger partial charge in [0.05, 0.1) is 6.10 Å². The van der Waals surface area contributed by atoms with E-state index in [1.807, 2.05) is 12.1 Å². The molecule has 1 aromatic rings. The van der Waals surface area contributed by atoms with Crippen LogP contribution in [0, 0.1) is 0 Å². The molecule has 2 N–H and O–H groups in total. The van der Waals surface area contributed by atoms with E-state index in [4.69, 9.17) is 4.74 Å². The Morgan fingerprint density at radius 1 is 1.33 bits per heavy atom. The van der Waals surface area contributed by atoms with Crippen LogP contribution in [0.4, 0.5) is 5.69 Å². The van der Waals surface area contributed by atoms with Crippen LogP contribution in [0.2, 0.25) is 0 Å². The van der Waals surface area contributed by atoms with Gasteiger partial charge in [0.1, 0.15) is 5.75 Å². The number of carbonyl (C=O) groups excluding carboxylic acids is 1. The van der Waals surface area contributed by atoms with Gasteiger partial charge in [-0.05, 0) is 63.4 Å². The zero-order valence-corrected chi connectivity index (χ0v) is 13.2. The van der Waals surface area contributed by atoms with Gasteiger partial charge in [0.2, 0.25) is 5.91 Å². The molecule has 1 amide bonds. The van der Waals surface area contributed by atoms with Crippen LogP contribution in [0.5, 0.6) is 5.75 Å². The molecule has 0 spiro atoms. The van der Waals surface area contributed by atoms with E-state index >= 15 is 0 Å². The number of hydrogen-bond acceptors (Lipinski definition) is 3. The molecule has 1 heterocycles. The number of carbonyl (C=O) groups is 1. The highest BCUT2D eigenvalue weighted by Gasteiger charge is 2.16. The fraction of sp³-hybridized carbons (Fsp3) is 0.588. The van der Waals surface area contributed by atoms with Crippen molar-refractivity contribution in [2.75, 3.05) is 11.9 Å². The Bertz CT molecular complexity index is 488. The highest BCUT2D eigenvalue weighted by molar-refractivity contribution is 5.93. The van der Waals surface area contributed by atoms with E-state index in [1.54, 1.807) is 0 Å². The first-order valence-corrected chi connectivity index (χ1v) is 7.91. The molecule has 1 aliphatic rings. The van der Waals surface area contributed by atoms with Gasteiger partial charge >= 0.3 is 0 Å². The number of hydrogen-bond donors (Lipinski definition) is 2. The quantitative estimate of drug-likeness (QED) is 0.811. The van der Waals surface area contributed by atoms with Crippen LogP contribution in [0.25, 0.3) is 0 Å². The second kappa shape index (κ2) is 7.46. The maximum atomic E-state index is 11.3. The summed E-state index contributed by atoms with van der Waals surface area (Å²) in [7, 11) is 0. The number of ether oxygens (including phenoxy) is 1. The van der Waals surface area contributed by atoms with Gasteiger partial charge in [-0.2, -0.15) is 0 Å². The van der Waals surface area contributed by atoms with Crippen LogP contribution in [0.1, 0.15) is 45.6 Å². The van der Waals surface area contributed by atoms with Crippen molar-refractivity contribution in [2.24, 2.45) is 0 Å². The molecular formula is C17H26N2O2. The van der Waals surface area contributed by atoms with Gasteiger partial charge in [0, 0.05) is 18.2 Å². The molecular weight excluding hydrogens is 264 g/mol. The van der Waals surface area contributed by atoms with Crippen molar-refractivity contribution in [3.63, 3.8) is 0 Å². The number of benzene rings is 1. The third-order valence-corrected chi connectivity index (χ3v) is 3.74. The Kier molecular flexibility index (Phi) is 5.62. The average Bonchev–Trinajstić information content (AvgIpc) is 2.45. The molecule has 1 aromatic carbocycles. The van der Waals surface area contributed by atoms with Crippen molar-refractivity contribution in [3.05, 3.63) is 23.8 Å². The minimum absolute atomic E-state index is 0.0976. The maximum Gasteiger partial charge on any atom is 0.224 e. The first-order chi connectivity index (χ1) is 10.1. The van der Waals surface area contributed by atoms with Gasteiger partial charge in [-0.3, -0.25) is 4.79 Å². The smallest absolute Gasteiger partial charge is 0.224 e. The van der Waals surface area contributed by atoms with E-state index in [1.165, 1.54) is 0 Å². The number of fused-ring (bicyclic) bond motifs is 1. The molecule has 2 rings (SSSR count). The summed E-state index contributed by atoms with van der Waals surface area (Å²) in [6, 6.07) is 6.38. The molecule has 4 heteroatoms. The topological polar surface area (TPSA) is 50.4 Å². The van der Waals surface area contributed by atoms with E-state index in [2.05, 4.69) is 37.5 Å². The molecule has 1 aliphatic heterocycles. The number of rotatable bonds is 7. The van der Waals surface area contributed by atoms with Crippen LogP contribution in [0.15, 0.2) is 18.2 Å². The molecule has 0 aliphatic carbocycles. The van der Waals surface area contributed by atoms with Gasteiger partial charge in [0.25, 0.3) is 0 Å². The van der Waals surface area contributed by atoms with Crippen molar-refractivity contribution >= 4 is 11.6 Å². The van der Waals surface area contributed by atoms with Gasteiger partial charge in [-0.1, -0.05) is 6.92 Å². The first kappa shape index (κ1) is 15.8. The first-order valence-electron chi connectivity index (χ1n) is 7.91. The monoisotopic (exact) mass is 290 g/mol. The highest BCUT2D eigenvalue weighted by atomic mass is 16.5. The Labute approximate surface area is 127 Å². The largest absolute Gasteiger partial charge is 0.491 e. The Balaban J connectivity index is 1.89. The lowest BCUT2D eigenvalue weighted by Crippen LogP contribution is -2.31. The van der Waals surface area contributed by atoms with Crippen LogP contribution in [-0.2, 0) is 11.2 Å². The van der Waals surface area contributed by atoms with Gasteiger partial charge in [0.15, 0.2) is 0 Å². The second-order valence-corrected chi connectivity index (χ2v) is 5.89. The summed E-state index contributed by atoms with van der Waals surface area (Å²) in [6.07, 6.45) is 3.65. The van der Waals surface area contributed by atoms with E-state index in [9.17, 15) is 4.79 Å². The van der Waals surface area contributed by atoms with Crippen LogP contribution in [-0.4, -0.2) is 24.6 Å². The second-order valence-electron chi connectivity index (χ2n) is 5.89. The minimum atomic E-state index is 0.0976. The molecule has 21 heavy (non-hydrogen) atoms. The molecule has 2 unspecified atom stereocenters. The average molecular weight is 290 g/mol. The number of anilines is 1.